The highest BCUT2D eigenvalue weighted by Crippen LogP contribution is 2.26. The number of anilines is 2. The summed E-state index contributed by atoms with van der Waals surface area (Å²) in [7, 11) is 0. The molecule has 0 unspecified atom stereocenters. The summed E-state index contributed by atoms with van der Waals surface area (Å²) >= 11 is 5.81. The molecule has 114 valence electrons. The van der Waals surface area contributed by atoms with E-state index in [1.165, 1.54) is 11.3 Å². The number of benzene rings is 2. The van der Waals surface area contributed by atoms with E-state index in [4.69, 9.17) is 11.6 Å². The minimum Gasteiger partial charge on any atom is -0.369 e. The van der Waals surface area contributed by atoms with Gasteiger partial charge >= 0.3 is 6.03 Å². The number of halogens is 1. The van der Waals surface area contributed by atoms with Crippen molar-refractivity contribution in [3.8, 4) is 0 Å². The van der Waals surface area contributed by atoms with Crippen LogP contribution in [0.5, 0.6) is 0 Å². The van der Waals surface area contributed by atoms with E-state index in [0.717, 1.165) is 25.2 Å². The van der Waals surface area contributed by atoms with Gasteiger partial charge in [0.15, 0.2) is 0 Å². The van der Waals surface area contributed by atoms with Crippen molar-refractivity contribution in [2.75, 3.05) is 29.9 Å². The van der Waals surface area contributed by atoms with Gasteiger partial charge in [-0.3, -0.25) is 0 Å². The molecule has 0 spiro atoms. The van der Waals surface area contributed by atoms with Crippen molar-refractivity contribution in [2.24, 2.45) is 0 Å². The summed E-state index contributed by atoms with van der Waals surface area (Å²) in [6.07, 6.45) is 1.08. The second-order valence-corrected chi connectivity index (χ2v) is 5.69. The molecule has 0 aliphatic carbocycles. The first-order valence-electron chi connectivity index (χ1n) is 7.35. The van der Waals surface area contributed by atoms with E-state index in [-0.39, 0.29) is 6.03 Å². The molecule has 0 bridgehead atoms. The average Bonchev–Trinajstić information content (AvgIpc) is 2.93. The van der Waals surface area contributed by atoms with Crippen LogP contribution in [0.4, 0.5) is 16.2 Å². The second-order valence-electron chi connectivity index (χ2n) is 5.25. The summed E-state index contributed by atoms with van der Waals surface area (Å²) in [4.78, 5) is 14.1. The zero-order chi connectivity index (χ0) is 15.4. The Morgan fingerprint density at radius 2 is 1.91 bits per heavy atom. The Kier molecular flexibility index (Phi) is 4.49. The Balaban J connectivity index is 1.45. The van der Waals surface area contributed by atoms with Gasteiger partial charge in [0.05, 0.1) is 0 Å². The van der Waals surface area contributed by atoms with Gasteiger partial charge in [0.1, 0.15) is 0 Å². The standard InChI is InChI=1S/C17H18ClN3O/c18-14-5-7-15(8-6-14)20-17(22)19-10-12-21-11-9-13-3-1-2-4-16(13)21/h1-8H,9-12H2,(H2,19,20,22). The maximum Gasteiger partial charge on any atom is 0.319 e. The van der Waals surface area contributed by atoms with Crippen LogP contribution in [0.3, 0.4) is 0 Å². The number of carbonyl (C=O) groups is 1. The number of para-hydroxylation sites is 1. The lowest BCUT2D eigenvalue weighted by Crippen LogP contribution is -2.36. The van der Waals surface area contributed by atoms with Crippen LogP contribution in [0.15, 0.2) is 48.5 Å². The number of urea groups is 1. The highest BCUT2D eigenvalue weighted by atomic mass is 35.5. The molecule has 0 saturated carbocycles. The number of amides is 2. The SMILES string of the molecule is O=C(NCCN1CCc2ccccc21)Nc1ccc(Cl)cc1. The number of carbonyl (C=O) groups excluding carboxylic acids is 1. The molecule has 5 heteroatoms. The van der Waals surface area contributed by atoms with Crippen LogP contribution in [0.1, 0.15) is 5.56 Å². The summed E-state index contributed by atoms with van der Waals surface area (Å²) in [5, 5.41) is 6.32. The van der Waals surface area contributed by atoms with Crippen LogP contribution < -0.4 is 15.5 Å². The fourth-order valence-corrected chi connectivity index (χ4v) is 2.78. The Labute approximate surface area is 135 Å². The van der Waals surface area contributed by atoms with Crippen LogP contribution >= 0.6 is 11.6 Å². The second kappa shape index (κ2) is 6.71. The Morgan fingerprint density at radius 3 is 2.73 bits per heavy atom. The third kappa shape index (κ3) is 3.52. The van der Waals surface area contributed by atoms with Gasteiger partial charge in [-0.25, -0.2) is 4.79 Å². The quantitative estimate of drug-likeness (QED) is 0.906. The number of rotatable bonds is 4. The first-order chi connectivity index (χ1) is 10.7. The smallest absolute Gasteiger partial charge is 0.319 e. The van der Waals surface area contributed by atoms with E-state index < -0.39 is 0 Å². The molecule has 3 rings (SSSR count). The molecule has 1 aliphatic rings. The van der Waals surface area contributed by atoms with E-state index in [0.29, 0.717) is 11.6 Å². The van der Waals surface area contributed by atoms with Gasteiger partial charge in [0.25, 0.3) is 0 Å². The normalized spacial score (nSPS) is 12.9. The highest BCUT2D eigenvalue weighted by Gasteiger charge is 2.17. The summed E-state index contributed by atoms with van der Waals surface area (Å²) in [5.74, 6) is 0. The minimum atomic E-state index is -0.199. The lowest BCUT2D eigenvalue weighted by Gasteiger charge is -2.19. The van der Waals surface area contributed by atoms with Crippen LogP contribution in [-0.4, -0.2) is 25.7 Å². The van der Waals surface area contributed by atoms with E-state index in [1.807, 2.05) is 0 Å². The summed E-state index contributed by atoms with van der Waals surface area (Å²) in [5.41, 5.74) is 3.39. The zero-order valence-corrected chi connectivity index (χ0v) is 12.9. The van der Waals surface area contributed by atoms with E-state index >= 15 is 0 Å². The molecule has 1 heterocycles. The number of hydrogen-bond acceptors (Lipinski definition) is 2. The highest BCUT2D eigenvalue weighted by molar-refractivity contribution is 6.30. The molecule has 0 fully saturated rings. The molecule has 2 amide bonds. The molecule has 2 aromatic carbocycles. The molecule has 22 heavy (non-hydrogen) atoms. The Bertz CT molecular complexity index is 657. The predicted molar refractivity (Wildman–Crippen MR) is 90.8 cm³/mol. The first-order valence-corrected chi connectivity index (χ1v) is 7.73. The lowest BCUT2D eigenvalue weighted by atomic mass is 10.2. The fraction of sp³-hybridized carbons (Fsp3) is 0.235. The van der Waals surface area contributed by atoms with Gasteiger partial charge in [-0.2, -0.15) is 0 Å². The molecule has 2 N–H and O–H groups in total. The minimum absolute atomic E-state index is 0.199. The van der Waals surface area contributed by atoms with Gasteiger partial charge in [-0.15, -0.1) is 0 Å². The molecule has 2 aromatic rings. The monoisotopic (exact) mass is 315 g/mol. The molecular weight excluding hydrogens is 298 g/mol. The van der Waals surface area contributed by atoms with Crippen molar-refractivity contribution < 1.29 is 4.79 Å². The summed E-state index contributed by atoms with van der Waals surface area (Å²) < 4.78 is 0. The van der Waals surface area contributed by atoms with Crippen molar-refractivity contribution in [1.29, 1.82) is 0 Å². The zero-order valence-electron chi connectivity index (χ0n) is 12.2. The van der Waals surface area contributed by atoms with Gasteiger partial charge < -0.3 is 15.5 Å². The lowest BCUT2D eigenvalue weighted by molar-refractivity contribution is 0.252. The number of nitrogens with one attached hydrogen (secondary N) is 2. The third-order valence-electron chi connectivity index (χ3n) is 3.75. The van der Waals surface area contributed by atoms with E-state index in [2.05, 4.69) is 39.8 Å². The van der Waals surface area contributed by atoms with Crippen molar-refractivity contribution >= 4 is 29.0 Å². The summed E-state index contributed by atoms with van der Waals surface area (Å²) in [6.45, 7) is 2.43. The van der Waals surface area contributed by atoms with Crippen molar-refractivity contribution in [2.45, 2.75) is 6.42 Å². The molecule has 0 atom stereocenters. The van der Waals surface area contributed by atoms with Gasteiger partial charge in [0, 0.05) is 36.0 Å². The molecule has 4 nitrogen and oxygen atoms in total. The van der Waals surface area contributed by atoms with Crippen LogP contribution in [0, 0.1) is 0 Å². The number of nitrogens with zero attached hydrogens (tertiary/aromatic N) is 1. The number of hydrogen-bond donors (Lipinski definition) is 2. The molecule has 0 aromatic heterocycles. The number of fused-ring (bicyclic) bond motifs is 1. The summed E-state index contributed by atoms with van der Waals surface area (Å²) in [6, 6.07) is 15.3. The van der Waals surface area contributed by atoms with Crippen molar-refractivity contribution in [1.82, 2.24) is 5.32 Å². The average molecular weight is 316 g/mol. The molecule has 0 saturated heterocycles. The maximum absolute atomic E-state index is 11.8. The maximum atomic E-state index is 11.8. The van der Waals surface area contributed by atoms with Gasteiger partial charge in [0.2, 0.25) is 0 Å². The van der Waals surface area contributed by atoms with E-state index in [1.54, 1.807) is 24.3 Å². The Morgan fingerprint density at radius 1 is 1.14 bits per heavy atom. The van der Waals surface area contributed by atoms with Crippen molar-refractivity contribution in [3.63, 3.8) is 0 Å². The largest absolute Gasteiger partial charge is 0.369 e. The Hall–Kier alpha value is -2.20. The van der Waals surface area contributed by atoms with Gasteiger partial charge in [-0.05, 0) is 42.3 Å². The fourth-order valence-electron chi connectivity index (χ4n) is 2.65. The van der Waals surface area contributed by atoms with Crippen LogP contribution in [0.25, 0.3) is 0 Å². The predicted octanol–water partition coefficient (Wildman–Crippen LogP) is 3.52. The third-order valence-corrected chi connectivity index (χ3v) is 4.00. The van der Waals surface area contributed by atoms with Crippen LogP contribution in [-0.2, 0) is 6.42 Å². The van der Waals surface area contributed by atoms with E-state index in [9.17, 15) is 4.79 Å². The molecular formula is C17H18ClN3O. The first kappa shape index (κ1) is 14.7. The van der Waals surface area contributed by atoms with Gasteiger partial charge in [-0.1, -0.05) is 29.8 Å². The topological polar surface area (TPSA) is 44.4 Å². The van der Waals surface area contributed by atoms with Crippen molar-refractivity contribution in [3.05, 3.63) is 59.1 Å². The molecule has 0 radical (unpaired) electrons. The van der Waals surface area contributed by atoms with Crippen LogP contribution in [0.2, 0.25) is 5.02 Å². The molecule has 1 aliphatic heterocycles.